The summed E-state index contributed by atoms with van der Waals surface area (Å²) in [5.41, 5.74) is 2.54. The van der Waals surface area contributed by atoms with Gasteiger partial charge in [0.15, 0.2) is 0 Å². The van der Waals surface area contributed by atoms with E-state index < -0.39 is 0 Å². The highest BCUT2D eigenvalue weighted by molar-refractivity contribution is 5.33. The van der Waals surface area contributed by atoms with E-state index in [9.17, 15) is 0 Å². The van der Waals surface area contributed by atoms with Crippen LogP contribution in [0.1, 0.15) is 11.1 Å². The zero-order valence-corrected chi connectivity index (χ0v) is 9.34. The van der Waals surface area contributed by atoms with Crippen LogP contribution in [0.25, 0.3) is 0 Å². The fourth-order valence-electron chi connectivity index (χ4n) is 1.21. The highest BCUT2D eigenvalue weighted by Crippen LogP contribution is 2.15. The first-order valence-corrected chi connectivity index (χ1v) is 5.08. The highest BCUT2D eigenvalue weighted by atomic mass is 16.5. The van der Waals surface area contributed by atoms with E-state index >= 15 is 0 Å². The second-order valence-electron chi connectivity index (χ2n) is 3.48. The van der Waals surface area contributed by atoms with Crippen molar-refractivity contribution in [2.75, 3.05) is 19.7 Å². The molecule has 1 rings (SSSR count). The Balaban J connectivity index is 2.32. The van der Waals surface area contributed by atoms with Gasteiger partial charge in [-0.15, -0.1) is 6.42 Å². The van der Waals surface area contributed by atoms with Crippen molar-refractivity contribution in [3.63, 3.8) is 0 Å². The SMILES string of the molecule is C#CCNCCOc1ccc(C)c(C)c1. The van der Waals surface area contributed by atoms with Gasteiger partial charge in [0.2, 0.25) is 0 Å². The second-order valence-corrected chi connectivity index (χ2v) is 3.48. The summed E-state index contributed by atoms with van der Waals surface area (Å²) in [6, 6.07) is 6.11. The lowest BCUT2D eigenvalue weighted by Gasteiger charge is -2.08. The first kappa shape index (κ1) is 11.6. The average molecular weight is 203 g/mol. The smallest absolute Gasteiger partial charge is 0.119 e. The van der Waals surface area contributed by atoms with Gasteiger partial charge in [0.1, 0.15) is 12.4 Å². The molecule has 0 aliphatic heterocycles. The van der Waals surface area contributed by atoms with Crippen molar-refractivity contribution in [2.24, 2.45) is 0 Å². The summed E-state index contributed by atoms with van der Waals surface area (Å²) < 4.78 is 5.56. The van der Waals surface area contributed by atoms with Crippen LogP contribution in [-0.2, 0) is 0 Å². The van der Waals surface area contributed by atoms with Crippen molar-refractivity contribution in [1.82, 2.24) is 5.32 Å². The van der Waals surface area contributed by atoms with Crippen LogP contribution < -0.4 is 10.1 Å². The molecule has 0 fully saturated rings. The van der Waals surface area contributed by atoms with Gasteiger partial charge >= 0.3 is 0 Å². The molecule has 0 bridgehead atoms. The summed E-state index contributed by atoms with van der Waals surface area (Å²) in [7, 11) is 0. The van der Waals surface area contributed by atoms with E-state index in [1.807, 2.05) is 6.07 Å². The maximum Gasteiger partial charge on any atom is 0.119 e. The monoisotopic (exact) mass is 203 g/mol. The lowest BCUT2D eigenvalue weighted by Crippen LogP contribution is -2.21. The van der Waals surface area contributed by atoms with E-state index in [1.54, 1.807) is 0 Å². The molecule has 0 saturated heterocycles. The topological polar surface area (TPSA) is 21.3 Å². The van der Waals surface area contributed by atoms with Crippen LogP contribution in [-0.4, -0.2) is 19.7 Å². The standard InChI is InChI=1S/C13H17NO/c1-4-7-14-8-9-15-13-6-5-11(2)12(3)10-13/h1,5-6,10,14H,7-9H2,2-3H3. The van der Waals surface area contributed by atoms with Crippen molar-refractivity contribution in [2.45, 2.75) is 13.8 Å². The first-order valence-electron chi connectivity index (χ1n) is 5.08. The summed E-state index contributed by atoms with van der Waals surface area (Å²) in [4.78, 5) is 0. The van der Waals surface area contributed by atoms with Crippen LogP contribution in [0, 0.1) is 26.2 Å². The Morgan fingerprint density at radius 3 is 2.80 bits per heavy atom. The van der Waals surface area contributed by atoms with Crippen LogP contribution in [0.5, 0.6) is 5.75 Å². The third kappa shape index (κ3) is 4.05. The lowest BCUT2D eigenvalue weighted by atomic mass is 10.1. The molecule has 0 aliphatic carbocycles. The Hall–Kier alpha value is -1.46. The van der Waals surface area contributed by atoms with E-state index in [0.717, 1.165) is 12.3 Å². The Labute approximate surface area is 91.6 Å². The Morgan fingerprint density at radius 2 is 2.13 bits per heavy atom. The van der Waals surface area contributed by atoms with Gasteiger partial charge in [0.05, 0.1) is 6.54 Å². The quantitative estimate of drug-likeness (QED) is 0.583. The van der Waals surface area contributed by atoms with Crippen molar-refractivity contribution < 1.29 is 4.74 Å². The summed E-state index contributed by atoms with van der Waals surface area (Å²) in [5, 5.41) is 3.07. The number of ether oxygens (including phenoxy) is 1. The zero-order valence-electron chi connectivity index (χ0n) is 9.34. The summed E-state index contributed by atoms with van der Waals surface area (Å²) in [5.74, 6) is 3.43. The van der Waals surface area contributed by atoms with Crippen molar-refractivity contribution >= 4 is 0 Å². The molecular weight excluding hydrogens is 186 g/mol. The largest absolute Gasteiger partial charge is 0.492 e. The number of benzene rings is 1. The van der Waals surface area contributed by atoms with E-state index in [0.29, 0.717) is 13.2 Å². The Bertz CT molecular complexity index is 352. The van der Waals surface area contributed by atoms with Gasteiger partial charge in [-0.2, -0.15) is 0 Å². The van der Waals surface area contributed by atoms with Gasteiger partial charge in [-0.1, -0.05) is 12.0 Å². The Kier molecular flexibility index (Phi) is 4.73. The number of aryl methyl sites for hydroxylation is 2. The molecule has 0 amide bonds. The minimum absolute atomic E-state index is 0.594. The van der Waals surface area contributed by atoms with E-state index in [4.69, 9.17) is 11.2 Å². The fraction of sp³-hybridized carbons (Fsp3) is 0.385. The summed E-state index contributed by atoms with van der Waals surface area (Å²) in [6.07, 6.45) is 5.11. The summed E-state index contributed by atoms with van der Waals surface area (Å²) in [6.45, 7) is 6.18. The van der Waals surface area contributed by atoms with Gasteiger partial charge in [0, 0.05) is 6.54 Å². The van der Waals surface area contributed by atoms with E-state index in [1.165, 1.54) is 11.1 Å². The molecule has 1 aromatic carbocycles. The molecule has 0 spiro atoms. The molecule has 80 valence electrons. The molecule has 2 nitrogen and oxygen atoms in total. The first-order chi connectivity index (χ1) is 7.24. The van der Waals surface area contributed by atoms with Gasteiger partial charge in [0.25, 0.3) is 0 Å². The third-order valence-electron chi connectivity index (χ3n) is 2.25. The van der Waals surface area contributed by atoms with Gasteiger partial charge in [-0.05, 0) is 37.1 Å². The molecule has 0 atom stereocenters. The maximum atomic E-state index is 5.56. The zero-order chi connectivity index (χ0) is 11.1. The molecule has 0 unspecified atom stereocenters. The Morgan fingerprint density at radius 1 is 1.33 bits per heavy atom. The van der Waals surface area contributed by atoms with E-state index in [-0.39, 0.29) is 0 Å². The number of rotatable bonds is 5. The molecule has 2 heteroatoms. The fourth-order valence-corrected chi connectivity index (χ4v) is 1.21. The third-order valence-corrected chi connectivity index (χ3v) is 2.25. The number of terminal acetylenes is 1. The minimum Gasteiger partial charge on any atom is -0.492 e. The minimum atomic E-state index is 0.594. The number of hydrogen-bond acceptors (Lipinski definition) is 2. The normalized spacial score (nSPS) is 9.67. The van der Waals surface area contributed by atoms with Crippen molar-refractivity contribution in [1.29, 1.82) is 0 Å². The van der Waals surface area contributed by atoms with Crippen LogP contribution in [0.15, 0.2) is 18.2 Å². The number of nitrogens with one attached hydrogen (secondary N) is 1. The van der Waals surface area contributed by atoms with Crippen molar-refractivity contribution in [3.8, 4) is 18.1 Å². The maximum absolute atomic E-state index is 5.56. The van der Waals surface area contributed by atoms with Crippen LogP contribution in [0.3, 0.4) is 0 Å². The molecule has 1 N–H and O–H groups in total. The van der Waals surface area contributed by atoms with Crippen LogP contribution >= 0.6 is 0 Å². The van der Waals surface area contributed by atoms with Crippen LogP contribution in [0.4, 0.5) is 0 Å². The van der Waals surface area contributed by atoms with Gasteiger partial charge < -0.3 is 10.1 Å². The molecule has 0 radical (unpaired) electrons. The summed E-state index contributed by atoms with van der Waals surface area (Å²) >= 11 is 0. The predicted octanol–water partition coefficient (Wildman–Crippen LogP) is 1.91. The molecule has 0 heterocycles. The average Bonchev–Trinajstić information content (AvgIpc) is 2.23. The molecule has 0 aromatic heterocycles. The molecular formula is C13H17NO. The lowest BCUT2D eigenvalue weighted by molar-refractivity contribution is 0.316. The van der Waals surface area contributed by atoms with Crippen molar-refractivity contribution in [3.05, 3.63) is 29.3 Å². The van der Waals surface area contributed by atoms with E-state index in [2.05, 4.69) is 37.2 Å². The molecule has 1 aromatic rings. The van der Waals surface area contributed by atoms with Gasteiger partial charge in [-0.25, -0.2) is 0 Å². The van der Waals surface area contributed by atoms with Crippen LogP contribution in [0.2, 0.25) is 0 Å². The highest BCUT2D eigenvalue weighted by Gasteiger charge is 1.96. The second kappa shape index (κ2) is 6.10. The van der Waals surface area contributed by atoms with Gasteiger partial charge in [-0.3, -0.25) is 0 Å². The predicted molar refractivity (Wildman–Crippen MR) is 63.1 cm³/mol. The molecule has 15 heavy (non-hydrogen) atoms. The molecule has 0 aliphatic rings. The number of hydrogen-bond donors (Lipinski definition) is 1. The molecule has 0 saturated carbocycles.